The number of halogens is 1. The molecule has 0 fully saturated rings. The number of imidazole rings is 1. The Morgan fingerprint density at radius 3 is 2.67 bits per heavy atom. The van der Waals surface area contributed by atoms with Gasteiger partial charge in [-0.25, -0.2) is 9.97 Å². The maximum absolute atomic E-state index is 5.88. The molecule has 0 aliphatic carbocycles. The molecule has 0 unspecified atom stereocenters. The van der Waals surface area contributed by atoms with Crippen LogP contribution in [-0.4, -0.2) is 14.5 Å². The summed E-state index contributed by atoms with van der Waals surface area (Å²) in [7, 11) is 0. The quantitative estimate of drug-likeness (QED) is 0.733. The van der Waals surface area contributed by atoms with E-state index in [4.69, 9.17) is 11.6 Å². The van der Waals surface area contributed by atoms with E-state index in [1.165, 1.54) is 0 Å². The molecule has 4 heteroatoms. The summed E-state index contributed by atoms with van der Waals surface area (Å²) < 4.78 is 2.09. The number of fused-ring (bicyclic) bond motifs is 1. The van der Waals surface area contributed by atoms with Crippen LogP contribution in [0.4, 0.5) is 0 Å². The first-order valence-electron chi connectivity index (χ1n) is 5.04. The molecular weight excluding hydrogens is 210 g/mol. The van der Waals surface area contributed by atoms with E-state index in [1.807, 2.05) is 19.1 Å². The lowest BCUT2D eigenvalue weighted by Gasteiger charge is -2.10. The van der Waals surface area contributed by atoms with Gasteiger partial charge in [-0.15, -0.1) is 11.6 Å². The number of aromatic nitrogens is 3. The van der Waals surface area contributed by atoms with Crippen molar-refractivity contribution >= 4 is 22.8 Å². The van der Waals surface area contributed by atoms with Crippen molar-refractivity contribution in [2.75, 3.05) is 0 Å². The second kappa shape index (κ2) is 3.81. The van der Waals surface area contributed by atoms with Crippen LogP contribution in [-0.2, 0) is 5.88 Å². The van der Waals surface area contributed by atoms with Crippen molar-refractivity contribution in [3.63, 3.8) is 0 Å². The van der Waals surface area contributed by atoms with E-state index in [-0.39, 0.29) is 0 Å². The second-order valence-corrected chi connectivity index (χ2v) is 4.19. The van der Waals surface area contributed by atoms with Crippen molar-refractivity contribution in [2.24, 2.45) is 0 Å². The molecule has 3 nitrogen and oxygen atoms in total. The van der Waals surface area contributed by atoms with Crippen LogP contribution >= 0.6 is 11.6 Å². The number of nitrogens with zero attached hydrogens (tertiary/aromatic N) is 3. The fraction of sp³-hybridized carbons (Fsp3) is 0.455. The van der Waals surface area contributed by atoms with Crippen LogP contribution in [0.25, 0.3) is 11.2 Å². The molecule has 0 spiro atoms. The lowest BCUT2D eigenvalue weighted by atomic mass is 10.3. The van der Waals surface area contributed by atoms with Crippen LogP contribution in [0.3, 0.4) is 0 Å². The predicted octanol–water partition coefficient (Wildman–Crippen LogP) is 3.06. The average Bonchev–Trinajstić information content (AvgIpc) is 2.55. The molecule has 0 saturated heterocycles. The average molecular weight is 224 g/mol. The second-order valence-electron chi connectivity index (χ2n) is 3.92. The zero-order chi connectivity index (χ0) is 11.0. The van der Waals surface area contributed by atoms with Gasteiger partial charge in [-0.2, -0.15) is 0 Å². The van der Waals surface area contributed by atoms with Gasteiger partial charge in [0.2, 0.25) is 0 Å². The summed E-state index contributed by atoms with van der Waals surface area (Å²) in [6.45, 7) is 6.21. The standard InChI is InChI=1S/C11H14ClN3/c1-7(2)15-10(6-12)14-9-5-4-8(3)13-11(9)15/h4-5,7H,6H2,1-3H3. The van der Waals surface area contributed by atoms with E-state index in [0.29, 0.717) is 11.9 Å². The minimum Gasteiger partial charge on any atom is -0.309 e. The molecule has 2 heterocycles. The number of pyridine rings is 1. The van der Waals surface area contributed by atoms with Crippen LogP contribution in [0.2, 0.25) is 0 Å². The van der Waals surface area contributed by atoms with Crippen LogP contribution in [0.15, 0.2) is 12.1 Å². The van der Waals surface area contributed by atoms with Crippen LogP contribution in [0.1, 0.15) is 31.4 Å². The minimum absolute atomic E-state index is 0.332. The molecule has 2 aromatic heterocycles. The lowest BCUT2D eigenvalue weighted by molar-refractivity contribution is 0.592. The Kier molecular flexibility index (Phi) is 2.65. The summed E-state index contributed by atoms with van der Waals surface area (Å²) in [6, 6.07) is 4.29. The topological polar surface area (TPSA) is 30.7 Å². The van der Waals surface area contributed by atoms with Crippen LogP contribution in [0.5, 0.6) is 0 Å². The summed E-state index contributed by atoms with van der Waals surface area (Å²) in [4.78, 5) is 8.97. The summed E-state index contributed by atoms with van der Waals surface area (Å²) in [6.07, 6.45) is 0. The van der Waals surface area contributed by atoms with Gasteiger partial charge in [0, 0.05) is 11.7 Å². The van der Waals surface area contributed by atoms with Gasteiger partial charge < -0.3 is 4.57 Å². The van der Waals surface area contributed by atoms with Crippen LogP contribution < -0.4 is 0 Å². The number of alkyl halides is 1. The molecule has 80 valence electrons. The highest BCUT2D eigenvalue weighted by molar-refractivity contribution is 6.16. The Hall–Kier alpha value is -1.09. The summed E-state index contributed by atoms with van der Waals surface area (Å²) in [5.74, 6) is 1.31. The highest BCUT2D eigenvalue weighted by atomic mass is 35.5. The van der Waals surface area contributed by atoms with Gasteiger partial charge in [0.15, 0.2) is 5.65 Å². The van der Waals surface area contributed by atoms with E-state index >= 15 is 0 Å². The third-order valence-corrected chi connectivity index (χ3v) is 2.62. The normalized spacial score (nSPS) is 11.5. The third kappa shape index (κ3) is 1.72. The van der Waals surface area contributed by atoms with Gasteiger partial charge in [0.05, 0.1) is 5.88 Å². The third-order valence-electron chi connectivity index (χ3n) is 2.39. The van der Waals surface area contributed by atoms with Crippen molar-refractivity contribution in [3.8, 4) is 0 Å². The van der Waals surface area contributed by atoms with Crippen molar-refractivity contribution in [1.29, 1.82) is 0 Å². The minimum atomic E-state index is 0.332. The number of aryl methyl sites for hydroxylation is 1. The monoisotopic (exact) mass is 223 g/mol. The molecule has 0 N–H and O–H groups in total. The Balaban J connectivity index is 2.76. The number of hydrogen-bond donors (Lipinski definition) is 0. The molecule has 0 saturated carbocycles. The maximum Gasteiger partial charge on any atom is 0.160 e. The molecular formula is C11H14ClN3. The summed E-state index contributed by atoms with van der Waals surface area (Å²) >= 11 is 5.88. The highest BCUT2D eigenvalue weighted by Gasteiger charge is 2.13. The molecule has 15 heavy (non-hydrogen) atoms. The Morgan fingerprint density at radius 2 is 2.07 bits per heavy atom. The summed E-state index contributed by atoms with van der Waals surface area (Å²) in [5, 5.41) is 0. The maximum atomic E-state index is 5.88. The highest BCUT2D eigenvalue weighted by Crippen LogP contribution is 2.20. The zero-order valence-electron chi connectivity index (χ0n) is 9.16. The van der Waals surface area contributed by atoms with Gasteiger partial charge in [0.25, 0.3) is 0 Å². The van der Waals surface area contributed by atoms with E-state index in [0.717, 1.165) is 22.7 Å². The molecule has 0 aromatic carbocycles. The smallest absolute Gasteiger partial charge is 0.160 e. The van der Waals surface area contributed by atoms with Crippen LogP contribution in [0, 0.1) is 6.92 Å². The summed E-state index contributed by atoms with van der Waals surface area (Å²) in [5.41, 5.74) is 2.86. The largest absolute Gasteiger partial charge is 0.309 e. The molecule has 0 radical (unpaired) electrons. The van der Waals surface area contributed by atoms with Crippen molar-refractivity contribution in [1.82, 2.24) is 14.5 Å². The molecule has 0 atom stereocenters. The first kappa shape index (κ1) is 10.4. The van der Waals surface area contributed by atoms with Gasteiger partial charge in [-0.05, 0) is 32.9 Å². The molecule has 2 rings (SSSR count). The Labute approximate surface area is 94.1 Å². The van der Waals surface area contributed by atoms with Gasteiger partial charge >= 0.3 is 0 Å². The molecule has 2 aromatic rings. The predicted molar refractivity (Wildman–Crippen MR) is 62.2 cm³/mol. The van der Waals surface area contributed by atoms with Crippen molar-refractivity contribution < 1.29 is 0 Å². The number of rotatable bonds is 2. The van der Waals surface area contributed by atoms with Gasteiger partial charge in [-0.3, -0.25) is 0 Å². The van der Waals surface area contributed by atoms with Crippen molar-refractivity contribution in [3.05, 3.63) is 23.7 Å². The first-order chi connectivity index (χ1) is 7.13. The van der Waals surface area contributed by atoms with Gasteiger partial charge in [0.1, 0.15) is 11.3 Å². The SMILES string of the molecule is Cc1ccc2nc(CCl)n(C(C)C)c2n1. The van der Waals surface area contributed by atoms with E-state index < -0.39 is 0 Å². The number of hydrogen-bond acceptors (Lipinski definition) is 2. The fourth-order valence-electron chi connectivity index (χ4n) is 1.75. The zero-order valence-corrected chi connectivity index (χ0v) is 9.91. The van der Waals surface area contributed by atoms with E-state index in [2.05, 4.69) is 28.4 Å². The molecule has 0 aliphatic rings. The fourth-order valence-corrected chi connectivity index (χ4v) is 1.94. The lowest BCUT2D eigenvalue weighted by Crippen LogP contribution is -2.05. The molecule has 0 bridgehead atoms. The van der Waals surface area contributed by atoms with Crippen molar-refractivity contribution in [2.45, 2.75) is 32.7 Å². The molecule has 0 amide bonds. The Morgan fingerprint density at radius 1 is 1.33 bits per heavy atom. The van der Waals surface area contributed by atoms with E-state index in [1.54, 1.807) is 0 Å². The van der Waals surface area contributed by atoms with Gasteiger partial charge in [-0.1, -0.05) is 0 Å². The van der Waals surface area contributed by atoms with E-state index in [9.17, 15) is 0 Å². The Bertz CT molecular complexity index is 488. The first-order valence-corrected chi connectivity index (χ1v) is 5.57. The molecule has 0 aliphatic heterocycles.